The van der Waals surface area contributed by atoms with Crippen LogP contribution >= 0.6 is 0 Å². The maximum Gasteiger partial charge on any atom is 1.00 e. The summed E-state index contributed by atoms with van der Waals surface area (Å²) in [6.45, 7) is 1.48. The second-order valence-corrected chi connectivity index (χ2v) is 2.90. The van der Waals surface area contributed by atoms with Crippen molar-refractivity contribution in [2.75, 3.05) is 6.54 Å². The SMILES string of the molecule is Cc1ccc(O)c(C=NCC(=O)[O-])c1.[K+]. The Morgan fingerprint density at radius 3 is 2.87 bits per heavy atom. The summed E-state index contributed by atoms with van der Waals surface area (Å²) in [6.07, 6.45) is 1.32. The molecule has 0 aromatic heterocycles. The van der Waals surface area contributed by atoms with Crippen molar-refractivity contribution in [2.45, 2.75) is 6.92 Å². The zero-order valence-electron chi connectivity index (χ0n) is 8.73. The molecule has 74 valence electrons. The second-order valence-electron chi connectivity index (χ2n) is 2.90. The van der Waals surface area contributed by atoms with Crippen molar-refractivity contribution in [1.82, 2.24) is 0 Å². The van der Waals surface area contributed by atoms with Crippen molar-refractivity contribution in [3.63, 3.8) is 0 Å². The number of aryl methyl sites for hydroxylation is 1. The first kappa shape index (κ1) is 14.8. The number of phenols is 1. The number of aromatic hydroxyl groups is 1. The number of carboxylic acids is 1. The van der Waals surface area contributed by atoms with Gasteiger partial charge in [0.2, 0.25) is 0 Å². The van der Waals surface area contributed by atoms with E-state index in [-0.39, 0.29) is 57.1 Å². The van der Waals surface area contributed by atoms with E-state index in [1.807, 2.05) is 6.92 Å². The molecule has 0 unspecified atom stereocenters. The number of benzene rings is 1. The van der Waals surface area contributed by atoms with Crippen molar-refractivity contribution >= 4 is 12.2 Å². The minimum Gasteiger partial charge on any atom is -0.548 e. The van der Waals surface area contributed by atoms with Gasteiger partial charge in [-0.2, -0.15) is 0 Å². The van der Waals surface area contributed by atoms with Crippen LogP contribution in [0.3, 0.4) is 0 Å². The Morgan fingerprint density at radius 1 is 1.60 bits per heavy atom. The summed E-state index contributed by atoms with van der Waals surface area (Å²) in [5.74, 6) is -1.16. The number of nitrogens with zero attached hydrogens (tertiary/aromatic N) is 1. The predicted octanol–water partition coefficient (Wildman–Crippen LogP) is -3.13. The first-order valence-electron chi connectivity index (χ1n) is 4.09. The van der Waals surface area contributed by atoms with Crippen molar-refractivity contribution in [3.05, 3.63) is 29.3 Å². The quantitative estimate of drug-likeness (QED) is 0.442. The first-order chi connectivity index (χ1) is 6.59. The monoisotopic (exact) mass is 231 g/mol. The molecule has 1 aromatic carbocycles. The Balaban J connectivity index is 0.00000196. The standard InChI is InChI=1S/C10H11NO3.K/c1-7-2-3-9(12)8(4-7)5-11-6-10(13)14;/h2-5,12H,6H2,1H3,(H,13,14);/q;+1/p-1. The van der Waals surface area contributed by atoms with Crippen LogP contribution < -0.4 is 56.5 Å². The molecule has 0 heterocycles. The van der Waals surface area contributed by atoms with Gasteiger partial charge in [-0.1, -0.05) is 11.6 Å². The van der Waals surface area contributed by atoms with Crippen LogP contribution in [-0.4, -0.2) is 23.8 Å². The minimum atomic E-state index is -1.24. The van der Waals surface area contributed by atoms with Crippen molar-refractivity contribution in [1.29, 1.82) is 0 Å². The number of carbonyl (C=O) groups excluding carboxylic acids is 1. The van der Waals surface area contributed by atoms with Crippen LogP contribution in [0.1, 0.15) is 11.1 Å². The molecule has 4 nitrogen and oxygen atoms in total. The molecule has 0 aliphatic heterocycles. The van der Waals surface area contributed by atoms with E-state index in [4.69, 9.17) is 0 Å². The largest absolute Gasteiger partial charge is 1.00 e. The molecule has 1 rings (SSSR count). The van der Waals surface area contributed by atoms with Gasteiger partial charge in [0, 0.05) is 11.8 Å². The third kappa shape index (κ3) is 5.43. The van der Waals surface area contributed by atoms with Crippen LogP contribution in [0.4, 0.5) is 0 Å². The van der Waals surface area contributed by atoms with Gasteiger partial charge in [-0.15, -0.1) is 0 Å². The number of aliphatic carboxylic acids is 1. The maximum atomic E-state index is 10.1. The molecule has 0 saturated heterocycles. The van der Waals surface area contributed by atoms with Crippen LogP contribution in [0.15, 0.2) is 23.2 Å². The Hall–Kier alpha value is -0.204. The number of hydrogen-bond donors (Lipinski definition) is 1. The molecule has 0 aliphatic carbocycles. The molecule has 0 aliphatic rings. The number of carbonyl (C=O) groups is 1. The zero-order chi connectivity index (χ0) is 10.6. The second kappa shape index (κ2) is 7.13. The van der Waals surface area contributed by atoms with Crippen LogP contribution in [0.25, 0.3) is 0 Å². The normalized spacial score (nSPS) is 9.93. The van der Waals surface area contributed by atoms with E-state index in [9.17, 15) is 15.0 Å². The fourth-order valence-electron chi connectivity index (χ4n) is 0.996. The predicted molar refractivity (Wildman–Crippen MR) is 50.3 cm³/mol. The summed E-state index contributed by atoms with van der Waals surface area (Å²) in [6, 6.07) is 5.01. The van der Waals surface area contributed by atoms with Crippen molar-refractivity contribution in [2.24, 2.45) is 4.99 Å². The minimum absolute atomic E-state index is 0. The number of rotatable bonds is 3. The van der Waals surface area contributed by atoms with Gasteiger partial charge in [0.15, 0.2) is 0 Å². The topological polar surface area (TPSA) is 72.7 Å². The van der Waals surface area contributed by atoms with Crippen LogP contribution in [0.5, 0.6) is 5.75 Å². The molecule has 0 fully saturated rings. The summed E-state index contributed by atoms with van der Waals surface area (Å²) in [7, 11) is 0. The number of phenolic OH excluding ortho intramolecular Hbond substituents is 1. The fraction of sp³-hybridized carbons (Fsp3) is 0.200. The average molecular weight is 231 g/mol. The molecule has 5 heteroatoms. The molecular formula is C10H10KNO3. The Morgan fingerprint density at radius 2 is 2.27 bits per heavy atom. The molecule has 0 atom stereocenters. The molecule has 0 saturated carbocycles. The third-order valence-corrected chi connectivity index (χ3v) is 1.63. The molecule has 1 N–H and O–H groups in total. The average Bonchev–Trinajstić information content (AvgIpc) is 2.10. The van der Waals surface area contributed by atoms with E-state index in [0.29, 0.717) is 5.56 Å². The van der Waals surface area contributed by atoms with Crippen LogP contribution in [-0.2, 0) is 4.79 Å². The summed E-state index contributed by atoms with van der Waals surface area (Å²) in [5, 5.41) is 19.4. The summed E-state index contributed by atoms with van der Waals surface area (Å²) >= 11 is 0. The van der Waals surface area contributed by atoms with E-state index in [1.165, 1.54) is 12.3 Å². The van der Waals surface area contributed by atoms with Crippen LogP contribution in [0.2, 0.25) is 0 Å². The van der Waals surface area contributed by atoms with E-state index in [2.05, 4.69) is 4.99 Å². The van der Waals surface area contributed by atoms with Gasteiger partial charge in [-0.05, 0) is 19.1 Å². The number of carboxylic acid groups (broad SMARTS) is 1. The van der Waals surface area contributed by atoms with E-state index >= 15 is 0 Å². The summed E-state index contributed by atoms with van der Waals surface area (Å²) < 4.78 is 0. The summed E-state index contributed by atoms with van der Waals surface area (Å²) in [5.41, 5.74) is 1.48. The van der Waals surface area contributed by atoms with Gasteiger partial charge < -0.3 is 15.0 Å². The third-order valence-electron chi connectivity index (χ3n) is 1.63. The van der Waals surface area contributed by atoms with Gasteiger partial charge in [-0.25, -0.2) is 0 Å². The molecule has 1 aromatic rings. The number of hydrogen-bond acceptors (Lipinski definition) is 4. The Kier molecular flexibility index (Phi) is 7.04. The van der Waals surface area contributed by atoms with E-state index in [1.54, 1.807) is 12.1 Å². The van der Waals surface area contributed by atoms with E-state index in [0.717, 1.165) is 5.56 Å². The molecule has 0 radical (unpaired) electrons. The molecular weight excluding hydrogens is 221 g/mol. The maximum absolute atomic E-state index is 10.1. The van der Waals surface area contributed by atoms with Crippen molar-refractivity contribution < 1.29 is 66.4 Å². The van der Waals surface area contributed by atoms with Gasteiger partial charge in [0.1, 0.15) is 5.75 Å². The zero-order valence-corrected chi connectivity index (χ0v) is 11.9. The van der Waals surface area contributed by atoms with Gasteiger partial charge in [-0.3, -0.25) is 4.99 Å². The van der Waals surface area contributed by atoms with Crippen LogP contribution in [0, 0.1) is 6.92 Å². The van der Waals surface area contributed by atoms with Gasteiger partial charge >= 0.3 is 51.4 Å². The van der Waals surface area contributed by atoms with E-state index < -0.39 is 12.5 Å². The Bertz CT molecular complexity index is 377. The fourth-order valence-corrected chi connectivity index (χ4v) is 0.996. The van der Waals surface area contributed by atoms with Gasteiger partial charge in [0.05, 0.1) is 12.5 Å². The Labute approximate surface area is 130 Å². The molecule has 0 spiro atoms. The first-order valence-corrected chi connectivity index (χ1v) is 4.09. The molecule has 0 bridgehead atoms. The number of aliphatic imine (C=N–C) groups is 1. The molecule has 15 heavy (non-hydrogen) atoms. The smallest absolute Gasteiger partial charge is 0.548 e. The van der Waals surface area contributed by atoms with Crippen molar-refractivity contribution in [3.8, 4) is 5.75 Å². The summed E-state index contributed by atoms with van der Waals surface area (Å²) in [4.78, 5) is 13.7. The molecule has 0 amide bonds. The van der Waals surface area contributed by atoms with Gasteiger partial charge in [0.25, 0.3) is 0 Å².